The first-order valence-electron chi connectivity index (χ1n) is 3.98. The molecule has 0 unspecified atom stereocenters. The van der Waals surface area contributed by atoms with Crippen LogP contribution in [0.3, 0.4) is 0 Å². The maximum Gasteiger partial charge on any atom is 0.449 e. The zero-order chi connectivity index (χ0) is 10.2. The summed E-state index contributed by atoms with van der Waals surface area (Å²) in [6, 6.07) is 0. The van der Waals surface area contributed by atoms with Crippen LogP contribution in [0, 0.1) is 13.8 Å². The van der Waals surface area contributed by atoms with Gasteiger partial charge in [-0.15, -0.1) is 0 Å². The van der Waals surface area contributed by atoms with Gasteiger partial charge in [0, 0.05) is 12.2 Å². The summed E-state index contributed by atoms with van der Waals surface area (Å²) in [5.41, 5.74) is 1.02. The Bertz CT molecular complexity index is 312. The van der Waals surface area contributed by atoms with E-state index in [0.717, 1.165) is 0 Å². The topological polar surface area (TPSA) is 17.8 Å². The Hall–Kier alpha value is -1.00. The Labute approximate surface area is 74.4 Å². The van der Waals surface area contributed by atoms with Crippen molar-refractivity contribution in [2.24, 2.45) is 0 Å². The van der Waals surface area contributed by atoms with E-state index in [-0.39, 0.29) is 0 Å². The molecule has 0 spiro atoms. The third-order valence-corrected chi connectivity index (χ3v) is 2.03. The van der Waals surface area contributed by atoms with Crippen LogP contribution >= 0.6 is 0 Å². The smallest absolute Gasteiger partial charge is 0.325 e. The summed E-state index contributed by atoms with van der Waals surface area (Å²) in [6.07, 6.45) is -4.35. The van der Waals surface area contributed by atoms with Crippen LogP contribution in [0.5, 0.6) is 0 Å². The van der Waals surface area contributed by atoms with E-state index >= 15 is 0 Å². The van der Waals surface area contributed by atoms with Gasteiger partial charge in [-0.3, -0.25) is 0 Å². The van der Waals surface area contributed by atoms with E-state index in [1.807, 2.05) is 0 Å². The third-order valence-electron chi connectivity index (χ3n) is 2.03. The summed E-state index contributed by atoms with van der Waals surface area (Å²) < 4.78 is 38.2. The van der Waals surface area contributed by atoms with Crippen LogP contribution in [0.2, 0.25) is 0 Å². The van der Waals surface area contributed by atoms with Crippen LogP contribution < -0.4 is 0 Å². The van der Waals surface area contributed by atoms with Gasteiger partial charge in [-0.2, -0.15) is 13.2 Å². The lowest BCUT2D eigenvalue weighted by molar-refractivity contribution is -0.147. The first-order valence-corrected chi connectivity index (χ1v) is 3.98. The van der Waals surface area contributed by atoms with E-state index in [2.05, 4.69) is 4.98 Å². The highest BCUT2D eigenvalue weighted by atomic mass is 19.4. The Balaban J connectivity index is 3.30. The Kier molecular flexibility index (Phi) is 2.36. The molecule has 0 aliphatic carbocycles. The minimum Gasteiger partial charge on any atom is -0.325 e. The lowest BCUT2D eigenvalue weighted by Crippen LogP contribution is -2.14. The molecule has 2 nitrogen and oxygen atoms in total. The Morgan fingerprint density at radius 3 is 2.15 bits per heavy atom. The zero-order valence-electron chi connectivity index (χ0n) is 7.74. The van der Waals surface area contributed by atoms with E-state index in [1.165, 1.54) is 4.57 Å². The third kappa shape index (κ3) is 1.68. The highest BCUT2D eigenvalue weighted by Gasteiger charge is 2.37. The van der Waals surface area contributed by atoms with E-state index < -0.39 is 12.0 Å². The van der Waals surface area contributed by atoms with Crippen LogP contribution in [0.25, 0.3) is 0 Å². The number of imidazole rings is 1. The molecule has 1 aromatic heterocycles. The van der Waals surface area contributed by atoms with Gasteiger partial charge >= 0.3 is 6.18 Å². The van der Waals surface area contributed by atoms with Gasteiger partial charge in [0.05, 0.1) is 5.69 Å². The molecule has 0 aliphatic rings. The molecule has 0 radical (unpaired) electrons. The number of rotatable bonds is 1. The van der Waals surface area contributed by atoms with Crippen molar-refractivity contribution in [2.75, 3.05) is 0 Å². The fourth-order valence-corrected chi connectivity index (χ4v) is 1.26. The van der Waals surface area contributed by atoms with Gasteiger partial charge in [0.1, 0.15) is 0 Å². The van der Waals surface area contributed by atoms with Gasteiger partial charge in [0.2, 0.25) is 5.82 Å². The summed E-state index contributed by atoms with van der Waals surface area (Å²) in [5, 5.41) is 0. The monoisotopic (exact) mass is 192 g/mol. The molecule has 1 heterocycles. The molecule has 1 rings (SSSR count). The lowest BCUT2D eigenvalue weighted by atomic mass is 10.4. The largest absolute Gasteiger partial charge is 0.449 e. The molecule has 5 heteroatoms. The van der Waals surface area contributed by atoms with Crippen molar-refractivity contribution in [3.63, 3.8) is 0 Å². The predicted octanol–water partition coefficient (Wildman–Crippen LogP) is 2.54. The molecule has 0 fully saturated rings. The molecule has 1 aromatic rings. The van der Waals surface area contributed by atoms with Gasteiger partial charge in [-0.25, -0.2) is 4.98 Å². The summed E-state index contributed by atoms with van der Waals surface area (Å²) in [7, 11) is 0. The number of hydrogen-bond acceptors (Lipinski definition) is 1. The van der Waals surface area contributed by atoms with Crippen molar-refractivity contribution >= 4 is 0 Å². The maximum absolute atomic E-state index is 12.3. The maximum atomic E-state index is 12.3. The number of aryl methyl sites for hydroxylation is 1. The van der Waals surface area contributed by atoms with E-state index in [4.69, 9.17) is 0 Å². The van der Waals surface area contributed by atoms with E-state index in [9.17, 15) is 13.2 Å². The fourth-order valence-electron chi connectivity index (χ4n) is 1.26. The van der Waals surface area contributed by atoms with Gasteiger partial charge in [-0.05, 0) is 20.8 Å². The molecule has 0 aromatic carbocycles. The van der Waals surface area contributed by atoms with Crippen molar-refractivity contribution < 1.29 is 13.2 Å². The first kappa shape index (κ1) is 10.1. The first-order chi connectivity index (χ1) is 5.88. The second kappa shape index (κ2) is 3.05. The lowest BCUT2D eigenvalue weighted by Gasteiger charge is -2.09. The van der Waals surface area contributed by atoms with Gasteiger partial charge in [0.25, 0.3) is 0 Å². The van der Waals surface area contributed by atoms with Gasteiger partial charge in [0.15, 0.2) is 0 Å². The second-order valence-corrected chi connectivity index (χ2v) is 2.85. The second-order valence-electron chi connectivity index (χ2n) is 2.85. The van der Waals surface area contributed by atoms with Crippen molar-refractivity contribution in [1.82, 2.24) is 9.55 Å². The van der Waals surface area contributed by atoms with E-state index in [1.54, 1.807) is 20.8 Å². The Morgan fingerprint density at radius 2 is 1.85 bits per heavy atom. The Morgan fingerprint density at radius 1 is 1.31 bits per heavy atom. The standard InChI is InChI=1S/C8H11F3N2/c1-4-13-6(3)5(2)12-7(13)8(9,10)11/h4H2,1-3H3. The molecule has 13 heavy (non-hydrogen) atoms. The highest BCUT2D eigenvalue weighted by Crippen LogP contribution is 2.29. The number of aromatic nitrogens is 2. The average Bonchev–Trinajstić information content (AvgIpc) is 2.28. The molecule has 0 aliphatic heterocycles. The number of halogens is 3. The SMILES string of the molecule is CCn1c(C(F)(F)F)nc(C)c1C. The number of hydrogen-bond donors (Lipinski definition) is 0. The van der Waals surface area contributed by atoms with Crippen LogP contribution in [0.1, 0.15) is 24.1 Å². The van der Waals surface area contributed by atoms with Crippen molar-refractivity contribution in [2.45, 2.75) is 33.5 Å². The fraction of sp³-hybridized carbons (Fsp3) is 0.625. The van der Waals surface area contributed by atoms with Crippen molar-refractivity contribution in [1.29, 1.82) is 0 Å². The van der Waals surface area contributed by atoms with Crippen molar-refractivity contribution in [3.05, 3.63) is 17.2 Å². The summed E-state index contributed by atoms with van der Waals surface area (Å²) in [5.74, 6) is -0.801. The molecule has 74 valence electrons. The molecule has 0 bridgehead atoms. The number of alkyl halides is 3. The molecule has 0 saturated carbocycles. The van der Waals surface area contributed by atoms with Crippen LogP contribution in [0.15, 0.2) is 0 Å². The van der Waals surface area contributed by atoms with Crippen LogP contribution in [-0.2, 0) is 12.7 Å². The molecule has 0 N–H and O–H groups in total. The number of nitrogens with zero attached hydrogens (tertiary/aromatic N) is 2. The summed E-state index contributed by atoms with van der Waals surface area (Å²) in [6.45, 7) is 5.18. The molecular formula is C8H11F3N2. The normalized spacial score (nSPS) is 12.2. The van der Waals surface area contributed by atoms with Crippen LogP contribution in [-0.4, -0.2) is 9.55 Å². The predicted molar refractivity (Wildman–Crippen MR) is 42.4 cm³/mol. The molecular weight excluding hydrogens is 181 g/mol. The quantitative estimate of drug-likeness (QED) is 0.668. The van der Waals surface area contributed by atoms with Crippen molar-refractivity contribution in [3.8, 4) is 0 Å². The highest BCUT2D eigenvalue weighted by molar-refractivity contribution is 5.15. The average molecular weight is 192 g/mol. The minimum atomic E-state index is -4.35. The zero-order valence-corrected chi connectivity index (χ0v) is 7.74. The molecule has 0 amide bonds. The van der Waals surface area contributed by atoms with E-state index in [0.29, 0.717) is 17.9 Å². The molecule has 0 atom stereocenters. The minimum absolute atomic E-state index is 0.293. The van der Waals surface area contributed by atoms with Crippen LogP contribution in [0.4, 0.5) is 13.2 Å². The molecule has 0 saturated heterocycles. The summed E-state index contributed by atoms with van der Waals surface area (Å²) >= 11 is 0. The van der Waals surface area contributed by atoms with Gasteiger partial charge in [-0.1, -0.05) is 0 Å². The van der Waals surface area contributed by atoms with Gasteiger partial charge < -0.3 is 4.57 Å². The summed E-state index contributed by atoms with van der Waals surface area (Å²) in [4.78, 5) is 3.49.